The predicted molar refractivity (Wildman–Crippen MR) is 40.8 cm³/mol. The first-order valence-corrected chi connectivity index (χ1v) is 3.28. The summed E-state index contributed by atoms with van der Waals surface area (Å²) < 4.78 is 0. The average Bonchev–Trinajstić information content (AvgIpc) is 2.36. The fourth-order valence-electron chi connectivity index (χ4n) is 0.889. The van der Waals surface area contributed by atoms with E-state index >= 15 is 0 Å². The molecule has 1 aliphatic rings. The molecule has 2 rings (SSSR count). The minimum atomic E-state index is 0.711. The van der Waals surface area contributed by atoms with Crippen LogP contribution in [0.1, 0.15) is 5.56 Å². The summed E-state index contributed by atoms with van der Waals surface area (Å²) in [5, 5.41) is 4.44. The summed E-state index contributed by atoms with van der Waals surface area (Å²) in [6.45, 7) is 0. The van der Waals surface area contributed by atoms with Crippen molar-refractivity contribution in [2.75, 3.05) is 0 Å². The van der Waals surface area contributed by atoms with Gasteiger partial charge in [0.25, 0.3) is 0 Å². The number of hydrogen-bond acceptors (Lipinski definition) is 1. The Bertz CT molecular complexity index is 294. The molecule has 0 spiro atoms. The number of rotatable bonds is 0. The highest BCUT2D eigenvalue weighted by atomic mass is 35.5. The second-order valence-electron chi connectivity index (χ2n) is 2.02. The van der Waals surface area contributed by atoms with Gasteiger partial charge < -0.3 is 0 Å². The topological polar surface area (TPSA) is 26.5 Å². The van der Waals surface area contributed by atoms with Gasteiger partial charge in [-0.2, -0.15) is 10.5 Å². The maximum Gasteiger partial charge on any atom is 0.0960 e. The summed E-state index contributed by atoms with van der Waals surface area (Å²) in [5.74, 6) is 0. The molecule has 2 nitrogen and oxygen atoms in total. The van der Waals surface area contributed by atoms with Crippen molar-refractivity contribution >= 4 is 23.5 Å². The molecule has 1 aliphatic heterocycles. The van der Waals surface area contributed by atoms with Crippen LogP contribution in [0.25, 0.3) is 0 Å². The molecule has 1 aromatic rings. The van der Waals surface area contributed by atoms with E-state index in [-0.39, 0.29) is 0 Å². The van der Waals surface area contributed by atoms with Crippen molar-refractivity contribution in [3.05, 3.63) is 28.8 Å². The lowest BCUT2D eigenvalue weighted by Gasteiger charge is -1.94. The Labute approximate surface area is 63.5 Å². The zero-order chi connectivity index (χ0) is 6.97. The molecule has 0 saturated carbocycles. The van der Waals surface area contributed by atoms with Crippen LogP contribution in [0.3, 0.4) is 0 Å². The van der Waals surface area contributed by atoms with E-state index in [0.717, 1.165) is 11.3 Å². The number of hydrogen-bond donors (Lipinski definition) is 0. The van der Waals surface area contributed by atoms with Gasteiger partial charge in [-0.05, 0) is 12.1 Å². The minimum absolute atomic E-state index is 0.711. The first-order valence-electron chi connectivity index (χ1n) is 2.90. The van der Waals surface area contributed by atoms with Gasteiger partial charge in [0.05, 0.1) is 16.9 Å². The van der Waals surface area contributed by atoms with Crippen LogP contribution in [0.4, 0.5) is 5.69 Å². The fourth-order valence-corrected chi connectivity index (χ4v) is 1.11. The molecular weight excluding hydrogens is 148 g/mol. The molecule has 0 unspecified atom stereocenters. The quantitative estimate of drug-likeness (QED) is 0.542. The van der Waals surface area contributed by atoms with Gasteiger partial charge >= 0.3 is 0 Å². The van der Waals surface area contributed by atoms with Gasteiger partial charge in [-0.1, -0.05) is 17.7 Å². The molecule has 0 aliphatic carbocycles. The molecule has 0 amide bonds. The van der Waals surface area contributed by atoms with E-state index in [4.69, 9.17) is 11.6 Å². The minimum Gasteiger partial charge on any atom is -0.158 e. The van der Waals surface area contributed by atoms with Crippen molar-refractivity contribution in [3.8, 4) is 0 Å². The zero-order valence-electron chi connectivity index (χ0n) is 5.08. The van der Waals surface area contributed by atoms with Crippen LogP contribution in [0.15, 0.2) is 23.3 Å². The summed E-state index contributed by atoms with van der Waals surface area (Å²) in [4.78, 5) is 0. The predicted octanol–water partition coefficient (Wildman–Crippen LogP) is 1.92. The van der Waals surface area contributed by atoms with Gasteiger partial charge in [-0.25, -0.2) is 0 Å². The second kappa shape index (κ2) is 1.99. The van der Waals surface area contributed by atoms with Gasteiger partial charge in [0, 0.05) is 5.56 Å². The smallest absolute Gasteiger partial charge is 0.0960 e. The molecule has 49 valence electrons. The lowest BCUT2D eigenvalue weighted by Crippen LogP contribution is -1.81. The van der Waals surface area contributed by atoms with Crippen LogP contribution in [0.2, 0.25) is 5.02 Å². The van der Waals surface area contributed by atoms with Crippen molar-refractivity contribution < 1.29 is 0 Å². The Morgan fingerprint density at radius 1 is 1.30 bits per heavy atom. The van der Waals surface area contributed by atoms with E-state index in [0.29, 0.717) is 5.02 Å². The van der Waals surface area contributed by atoms with Gasteiger partial charge in [-0.3, -0.25) is 0 Å². The van der Waals surface area contributed by atoms with Gasteiger partial charge in [0.15, 0.2) is 0 Å². The molecule has 1 heterocycles. The van der Waals surface area contributed by atoms with Crippen molar-refractivity contribution in [1.82, 2.24) is 5.43 Å². The summed E-state index contributed by atoms with van der Waals surface area (Å²) in [6.07, 6.45) is 1.66. The summed E-state index contributed by atoms with van der Waals surface area (Å²) in [7, 11) is 0. The molecule has 0 atom stereocenters. The second-order valence-corrected chi connectivity index (χ2v) is 2.42. The Morgan fingerprint density at radius 3 is 3.00 bits per heavy atom. The van der Waals surface area contributed by atoms with E-state index in [1.807, 2.05) is 18.2 Å². The highest BCUT2D eigenvalue weighted by molar-refractivity contribution is 6.33. The maximum absolute atomic E-state index is 5.82. The molecular formula is C7H4ClN2. The number of nitrogens with zero attached hydrogens (tertiary/aromatic N) is 2. The van der Waals surface area contributed by atoms with Crippen molar-refractivity contribution in [2.24, 2.45) is 5.10 Å². The first kappa shape index (κ1) is 5.74. The third-order valence-electron chi connectivity index (χ3n) is 1.38. The molecule has 0 saturated heterocycles. The molecule has 0 N–H and O–H groups in total. The van der Waals surface area contributed by atoms with Crippen molar-refractivity contribution in [3.63, 3.8) is 0 Å². The Hall–Kier alpha value is -1.02. The monoisotopic (exact) mass is 151 g/mol. The fraction of sp³-hybridized carbons (Fsp3) is 0. The van der Waals surface area contributed by atoms with Crippen LogP contribution < -0.4 is 5.43 Å². The van der Waals surface area contributed by atoms with Crippen LogP contribution in [0, 0.1) is 0 Å². The molecule has 0 fully saturated rings. The van der Waals surface area contributed by atoms with Gasteiger partial charge in [0.1, 0.15) is 0 Å². The highest BCUT2D eigenvalue weighted by Gasteiger charge is 2.09. The summed E-state index contributed by atoms with van der Waals surface area (Å²) in [6, 6.07) is 5.57. The molecule has 0 aromatic heterocycles. The van der Waals surface area contributed by atoms with Gasteiger partial charge in [0.2, 0.25) is 0 Å². The van der Waals surface area contributed by atoms with Crippen molar-refractivity contribution in [1.29, 1.82) is 0 Å². The lowest BCUT2D eigenvalue weighted by molar-refractivity contribution is 0.991. The Morgan fingerprint density at radius 2 is 2.20 bits per heavy atom. The molecule has 3 heteroatoms. The van der Waals surface area contributed by atoms with Crippen LogP contribution >= 0.6 is 11.6 Å². The molecule has 10 heavy (non-hydrogen) atoms. The number of halogens is 1. The highest BCUT2D eigenvalue weighted by Crippen LogP contribution is 2.25. The third-order valence-corrected chi connectivity index (χ3v) is 1.71. The molecule has 0 bridgehead atoms. The van der Waals surface area contributed by atoms with E-state index in [2.05, 4.69) is 10.5 Å². The summed E-state index contributed by atoms with van der Waals surface area (Å²) in [5.41, 5.74) is 5.62. The van der Waals surface area contributed by atoms with Crippen LogP contribution in [-0.4, -0.2) is 6.21 Å². The standard InChI is InChI=1S/C7H4ClN2/c8-6-2-1-3-7-5(6)4-9-10-7/h1-4H. The van der Waals surface area contributed by atoms with E-state index in [1.165, 1.54) is 0 Å². The maximum atomic E-state index is 5.82. The number of fused-ring (bicyclic) bond motifs is 1. The van der Waals surface area contributed by atoms with Gasteiger partial charge in [-0.15, -0.1) is 0 Å². The van der Waals surface area contributed by atoms with Crippen LogP contribution in [-0.2, 0) is 0 Å². The Balaban J connectivity index is 2.67. The Kier molecular flexibility index (Phi) is 1.14. The van der Waals surface area contributed by atoms with Crippen molar-refractivity contribution in [2.45, 2.75) is 0 Å². The van der Waals surface area contributed by atoms with E-state index in [1.54, 1.807) is 6.21 Å². The number of benzene rings is 1. The van der Waals surface area contributed by atoms with Crippen LogP contribution in [0.5, 0.6) is 0 Å². The first-order chi connectivity index (χ1) is 4.88. The molecule has 1 aromatic carbocycles. The third kappa shape index (κ3) is 0.693. The largest absolute Gasteiger partial charge is 0.158 e. The SMILES string of the molecule is Clc1cccc2c1C=N[N]2. The lowest BCUT2D eigenvalue weighted by atomic mass is 10.2. The summed E-state index contributed by atoms with van der Waals surface area (Å²) >= 11 is 5.82. The molecule has 1 radical (unpaired) electrons. The van der Waals surface area contributed by atoms with E-state index in [9.17, 15) is 0 Å². The van der Waals surface area contributed by atoms with E-state index < -0.39 is 0 Å². The normalized spacial score (nSPS) is 12.9. The average molecular weight is 152 g/mol. The zero-order valence-corrected chi connectivity index (χ0v) is 5.84.